The Morgan fingerprint density at radius 3 is 2.69 bits per heavy atom. The minimum Gasteiger partial charge on any atom is -0.372 e. The van der Waals surface area contributed by atoms with Crippen LogP contribution >= 0.6 is 0 Å². The summed E-state index contributed by atoms with van der Waals surface area (Å²) in [4.78, 5) is 14.6. The molecule has 0 heterocycles. The van der Waals surface area contributed by atoms with E-state index in [1.54, 1.807) is 30.3 Å². The summed E-state index contributed by atoms with van der Waals surface area (Å²) in [6, 6.07) is 8.51. The minimum atomic E-state index is -0.410. The van der Waals surface area contributed by atoms with Gasteiger partial charge in [-0.1, -0.05) is 36.3 Å². The highest BCUT2D eigenvalue weighted by Crippen LogP contribution is 2.00. The summed E-state index contributed by atoms with van der Waals surface area (Å²) >= 11 is 0. The molecule has 0 aliphatic carbocycles. The maximum absolute atomic E-state index is 11.7. The maximum Gasteiger partial charge on any atom is 0.413 e. The van der Waals surface area contributed by atoms with Crippen LogP contribution < -0.4 is 0 Å². The summed E-state index contributed by atoms with van der Waals surface area (Å²) in [6.45, 7) is 0.182. The van der Waals surface area contributed by atoms with Crippen LogP contribution in [0.15, 0.2) is 30.3 Å². The summed E-state index contributed by atoms with van der Waals surface area (Å²) in [7, 11) is 1.49. The number of Topliss-reactive ketones (excluding diaryl/α,β-unsaturated/α-hetero) is 1. The van der Waals surface area contributed by atoms with Gasteiger partial charge in [0.1, 0.15) is 6.61 Å². The van der Waals surface area contributed by atoms with Gasteiger partial charge in [-0.2, -0.15) is 4.79 Å². The molecule has 1 aromatic carbocycles. The van der Waals surface area contributed by atoms with Crippen LogP contribution in [0.1, 0.15) is 10.4 Å². The molecule has 0 unspecified atom stereocenters. The van der Waals surface area contributed by atoms with E-state index >= 15 is 0 Å². The number of benzene rings is 1. The average molecular weight is 214 g/mol. The van der Waals surface area contributed by atoms with E-state index in [0.29, 0.717) is 5.56 Å². The molecule has 0 spiro atoms. The molecule has 0 aliphatic rings. The molecule has 0 atom stereocenters. The monoisotopic (exact) mass is 214 g/mol. The van der Waals surface area contributed by atoms with Gasteiger partial charge in [-0.15, -0.1) is 0 Å². The Bertz CT molecular complexity index is 477. The van der Waals surface area contributed by atoms with Crippen LogP contribution in [0.25, 0.3) is 5.53 Å². The molecule has 4 nitrogen and oxygen atoms in total. The SMILES string of the molecule is COCC#CC(=[N+]=[N-])C(=O)c1ccccc1. The highest BCUT2D eigenvalue weighted by Gasteiger charge is 2.18. The summed E-state index contributed by atoms with van der Waals surface area (Å²) in [6.07, 6.45) is 0. The lowest BCUT2D eigenvalue weighted by molar-refractivity contribution is -0.00354. The third-order valence-electron chi connectivity index (χ3n) is 1.77. The van der Waals surface area contributed by atoms with Crippen molar-refractivity contribution in [3.05, 3.63) is 41.4 Å². The summed E-state index contributed by atoms with van der Waals surface area (Å²) < 4.78 is 4.70. The van der Waals surface area contributed by atoms with E-state index in [-0.39, 0.29) is 12.3 Å². The first kappa shape index (κ1) is 11.9. The summed E-state index contributed by atoms with van der Waals surface area (Å²) in [5.41, 5.74) is 8.92. The van der Waals surface area contributed by atoms with Gasteiger partial charge < -0.3 is 10.3 Å². The van der Waals surface area contributed by atoms with E-state index in [1.807, 2.05) is 0 Å². The van der Waals surface area contributed by atoms with Crippen molar-refractivity contribution in [2.45, 2.75) is 0 Å². The number of rotatable bonds is 3. The lowest BCUT2D eigenvalue weighted by Crippen LogP contribution is -2.13. The molecule has 0 fully saturated rings. The number of nitrogens with zero attached hydrogens (tertiary/aromatic N) is 2. The van der Waals surface area contributed by atoms with Crippen LogP contribution in [0.5, 0.6) is 0 Å². The largest absolute Gasteiger partial charge is 0.413 e. The molecule has 1 aromatic rings. The van der Waals surface area contributed by atoms with Crippen molar-refractivity contribution >= 4 is 11.5 Å². The van der Waals surface area contributed by atoms with E-state index in [0.717, 1.165) is 0 Å². The number of ketones is 1. The molecule has 0 amide bonds. The molecule has 0 aliphatic heterocycles. The molecule has 0 saturated carbocycles. The van der Waals surface area contributed by atoms with Gasteiger partial charge in [0, 0.05) is 18.6 Å². The van der Waals surface area contributed by atoms with Crippen LogP contribution in [0, 0.1) is 11.8 Å². The van der Waals surface area contributed by atoms with E-state index < -0.39 is 5.78 Å². The Labute approximate surface area is 93.5 Å². The lowest BCUT2D eigenvalue weighted by atomic mass is 10.1. The molecule has 0 aromatic heterocycles. The third-order valence-corrected chi connectivity index (χ3v) is 1.77. The van der Waals surface area contributed by atoms with E-state index in [9.17, 15) is 4.79 Å². The zero-order valence-corrected chi connectivity index (χ0v) is 8.80. The van der Waals surface area contributed by atoms with Crippen LogP contribution in [-0.4, -0.2) is 30.0 Å². The van der Waals surface area contributed by atoms with Crippen molar-refractivity contribution in [2.24, 2.45) is 0 Å². The van der Waals surface area contributed by atoms with Crippen LogP contribution in [0.4, 0.5) is 0 Å². The molecule has 0 saturated heterocycles. The number of ether oxygens (including phenoxy) is 1. The van der Waals surface area contributed by atoms with E-state index in [1.165, 1.54) is 7.11 Å². The molecule has 80 valence electrons. The van der Waals surface area contributed by atoms with Crippen molar-refractivity contribution in [1.29, 1.82) is 0 Å². The molecule has 0 bridgehead atoms. The zero-order chi connectivity index (χ0) is 11.8. The maximum atomic E-state index is 11.7. The average Bonchev–Trinajstić information content (AvgIpc) is 2.35. The number of carbonyl (C=O) groups excluding carboxylic acids is 1. The normalized spacial score (nSPS) is 8.56. The second kappa shape index (κ2) is 6.31. The Kier molecular flexibility index (Phi) is 4.68. The Hall–Kier alpha value is -2.21. The summed E-state index contributed by atoms with van der Waals surface area (Å²) in [5.74, 6) is 4.59. The number of hydrogen-bond donors (Lipinski definition) is 0. The zero-order valence-electron chi connectivity index (χ0n) is 8.80. The second-order valence-corrected chi connectivity index (χ2v) is 2.88. The molecule has 1 rings (SSSR count). The van der Waals surface area contributed by atoms with Crippen molar-refractivity contribution in [3.63, 3.8) is 0 Å². The van der Waals surface area contributed by atoms with Gasteiger partial charge in [0.2, 0.25) is 0 Å². The van der Waals surface area contributed by atoms with Crippen LogP contribution in [0.2, 0.25) is 0 Å². The van der Waals surface area contributed by atoms with Crippen LogP contribution in [-0.2, 0) is 4.74 Å². The fourth-order valence-corrected chi connectivity index (χ4v) is 1.05. The first-order chi connectivity index (χ1) is 7.79. The number of hydrogen-bond acceptors (Lipinski definition) is 2. The quantitative estimate of drug-likeness (QED) is 0.249. The van der Waals surface area contributed by atoms with Gasteiger partial charge in [0.15, 0.2) is 0 Å². The van der Waals surface area contributed by atoms with Crippen molar-refractivity contribution < 1.29 is 14.3 Å². The van der Waals surface area contributed by atoms with Crippen molar-refractivity contribution in [3.8, 4) is 11.8 Å². The Morgan fingerprint density at radius 1 is 1.44 bits per heavy atom. The molecular formula is C12H10N2O2. The van der Waals surface area contributed by atoms with E-state index in [4.69, 9.17) is 10.3 Å². The van der Waals surface area contributed by atoms with Gasteiger partial charge in [0.25, 0.3) is 5.78 Å². The highest BCUT2D eigenvalue weighted by molar-refractivity contribution is 6.49. The minimum absolute atomic E-state index is 0.182. The van der Waals surface area contributed by atoms with Crippen LogP contribution in [0.3, 0.4) is 0 Å². The second-order valence-electron chi connectivity index (χ2n) is 2.88. The first-order valence-electron chi connectivity index (χ1n) is 4.59. The van der Waals surface area contributed by atoms with E-state index in [2.05, 4.69) is 16.6 Å². The smallest absolute Gasteiger partial charge is 0.372 e. The van der Waals surface area contributed by atoms with Gasteiger partial charge in [-0.25, -0.2) is 0 Å². The number of methoxy groups -OCH3 is 1. The molecule has 0 radical (unpaired) electrons. The Morgan fingerprint density at radius 2 is 2.12 bits per heavy atom. The van der Waals surface area contributed by atoms with Crippen molar-refractivity contribution in [1.82, 2.24) is 0 Å². The molecular weight excluding hydrogens is 204 g/mol. The fourth-order valence-electron chi connectivity index (χ4n) is 1.05. The van der Waals surface area contributed by atoms with Gasteiger partial charge in [-0.3, -0.25) is 4.79 Å². The summed E-state index contributed by atoms with van der Waals surface area (Å²) in [5, 5.41) is 0. The van der Waals surface area contributed by atoms with Gasteiger partial charge >= 0.3 is 5.71 Å². The first-order valence-corrected chi connectivity index (χ1v) is 4.59. The predicted molar refractivity (Wildman–Crippen MR) is 59.1 cm³/mol. The fraction of sp³-hybridized carbons (Fsp3) is 0.167. The molecule has 0 N–H and O–H groups in total. The standard InChI is InChI=1S/C12H10N2O2/c1-16-9-5-8-11(14-13)12(15)10-6-3-2-4-7-10/h2-4,6-7H,9H2,1H3. The van der Waals surface area contributed by atoms with Crippen molar-refractivity contribution in [2.75, 3.05) is 13.7 Å². The van der Waals surface area contributed by atoms with Gasteiger partial charge in [-0.05, 0) is 0 Å². The molecule has 16 heavy (non-hydrogen) atoms. The number of carbonyl (C=O) groups is 1. The topological polar surface area (TPSA) is 62.7 Å². The Balaban J connectivity index is 2.90. The highest BCUT2D eigenvalue weighted by atomic mass is 16.5. The lowest BCUT2D eigenvalue weighted by Gasteiger charge is -1.91. The van der Waals surface area contributed by atoms with Gasteiger partial charge in [0.05, 0.1) is 0 Å². The predicted octanol–water partition coefficient (Wildman–Crippen LogP) is 1.19. The molecule has 4 heteroatoms. The third kappa shape index (κ3) is 3.18.